The number of hydrogen-bond acceptors (Lipinski definition) is 5. The summed E-state index contributed by atoms with van der Waals surface area (Å²) in [6, 6.07) is 22.8. The van der Waals surface area contributed by atoms with Gasteiger partial charge in [0.25, 0.3) is 0 Å². The summed E-state index contributed by atoms with van der Waals surface area (Å²) in [5, 5.41) is 11.9. The van der Waals surface area contributed by atoms with Gasteiger partial charge in [0.2, 0.25) is 5.91 Å². The van der Waals surface area contributed by atoms with Gasteiger partial charge in [-0.1, -0.05) is 71.9 Å². The van der Waals surface area contributed by atoms with E-state index in [4.69, 9.17) is 11.6 Å². The zero-order chi connectivity index (χ0) is 21.4. The van der Waals surface area contributed by atoms with Crippen LogP contribution in [0.2, 0.25) is 5.02 Å². The van der Waals surface area contributed by atoms with E-state index in [0.29, 0.717) is 15.8 Å². The Hall–Kier alpha value is -3.22. The average molecular weight is 446 g/mol. The maximum atomic E-state index is 12.5. The lowest BCUT2D eigenvalue weighted by Gasteiger charge is -2.04. The Morgan fingerprint density at radius 3 is 2.06 bits per heavy atom. The maximum absolute atomic E-state index is 12.5. The van der Waals surface area contributed by atoms with Crippen LogP contribution in [0.15, 0.2) is 83.0 Å². The van der Waals surface area contributed by atoms with Gasteiger partial charge in [0.15, 0.2) is 11.0 Å². The van der Waals surface area contributed by atoms with Gasteiger partial charge in [-0.15, -0.1) is 10.2 Å². The normalized spacial score (nSPS) is 18.0. The lowest BCUT2D eigenvalue weighted by molar-refractivity contribution is -0.118. The number of Topliss-reactive ketones (excluding diaryl/α,β-unsaturated/α-hetero) is 1. The fraction of sp³-hybridized carbons (Fsp3) is 0.0833. The molecule has 3 aromatic carbocycles. The van der Waals surface area contributed by atoms with Crippen LogP contribution in [-0.4, -0.2) is 27.8 Å². The van der Waals surface area contributed by atoms with Crippen molar-refractivity contribution in [2.24, 2.45) is 10.2 Å². The molecular weight excluding hydrogens is 430 g/mol. The maximum Gasteiger partial charge on any atom is 0.240 e. The van der Waals surface area contributed by atoms with Gasteiger partial charge in [-0.2, -0.15) is 0 Å². The van der Waals surface area contributed by atoms with Gasteiger partial charge in [0, 0.05) is 28.1 Å². The highest BCUT2D eigenvalue weighted by molar-refractivity contribution is 8.15. The number of amides is 1. The quantitative estimate of drug-likeness (QED) is 0.357. The molecule has 1 atom stereocenters. The molecule has 1 aliphatic heterocycles. The van der Waals surface area contributed by atoms with Crippen molar-refractivity contribution >= 4 is 45.9 Å². The molecular formula is C24H16ClN3O2S. The van der Waals surface area contributed by atoms with Gasteiger partial charge in [0.1, 0.15) is 5.71 Å². The van der Waals surface area contributed by atoms with Gasteiger partial charge in [-0.3, -0.25) is 9.59 Å². The van der Waals surface area contributed by atoms with Crippen molar-refractivity contribution in [2.75, 3.05) is 0 Å². The second-order valence-electron chi connectivity index (χ2n) is 7.17. The summed E-state index contributed by atoms with van der Waals surface area (Å²) in [7, 11) is 0. The largest absolute Gasteiger partial charge is 0.303 e. The molecule has 1 saturated heterocycles. The number of rotatable bonds is 4. The fourth-order valence-corrected chi connectivity index (χ4v) is 4.75. The zero-order valence-corrected chi connectivity index (χ0v) is 17.8. The molecule has 1 aliphatic carbocycles. The number of carbonyl (C=O) groups excluding carboxylic acids is 2. The van der Waals surface area contributed by atoms with Crippen LogP contribution in [0.5, 0.6) is 0 Å². The number of carbonyl (C=O) groups is 2. The van der Waals surface area contributed by atoms with E-state index in [1.807, 2.05) is 36.4 Å². The second-order valence-corrected chi connectivity index (χ2v) is 8.80. The van der Waals surface area contributed by atoms with Crippen LogP contribution in [0.4, 0.5) is 0 Å². The zero-order valence-electron chi connectivity index (χ0n) is 16.2. The summed E-state index contributed by atoms with van der Waals surface area (Å²) in [4.78, 5) is 24.9. The summed E-state index contributed by atoms with van der Waals surface area (Å²) in [6.07, 6.45) is 0.0827. The molecule has 0 radical (unpaired) electrons. The van der Waals surface area contributed by atoms with Crippen LogP contribution in [0, 0.1) is 0 Å². The summed E-state index contributed by atoms with van der Waals surface area (Å²) < 4.78 is 0. The predicted octanol–water partition coefficient (Wildman–Crippen LogP) is 4.93. The number of halogens is 1. The molecule has 2 aliphatic rings. The summed E-state index contributed by atoms with van der Waals surface area (Å²) >= 11 is 7.10. The van der Waals surface area contributed by atoms with E-state index < -0.39 is 5.25 Å². The molecule has 3 aromatic rings. The molecule has 5 rings (SSSR count). The topological polar surface area (TPSA) is 70.9 Å². The second kappa shape index (κ2) is 8.13. The molecule has 0 aromatic heterocycles. The Labute approximate surface area is 188 Å². The summed E-state index contributed by atoms with van der Waals surface area (Å²) in [6.45, 7) is 0. The first-order valence-electron chi connectivity index (χ1n) is 9.71. The van der Waals surface area contributed by atoms with E-state index in [2.05, 4.69) is 27.7 Å². The molecule has 152 valence electrons. The molecule has 1 amide bonds. The molecule has 7 heteroatoms. The Bertz CT molecular complexity index is 1220. The highest BCUT2D eigenvalue weighted by atomic mass is 35.5. The van der Waals surface area contributed by atoms with Crippen molar-refractivity contribution in [1.82, 2.24) is 5.32 Å². The first-order valence-corrected chi connectivity index (χ1v) is 11.0. The number of amidine groups is 1. The first-order chi connectivity index (χ1) is 15.1. The molecule has 1 N–H and O–H groups in total. The highest BCUT2D eigenvalue weighted by Crippen LogP contribution is 2.36. The Morgan fingerprint density at radius 1 is 0.871 bits per heavy atom. The summed E-state index contributed by atoms with van der Waals surface area (Å²) in [5.41, 5.74) is 5.56. The van der Waals surface area contributed by atoms with E-state index in [0.717, 1.165) is 28.0 Å². The van der Waals surface area contributed by atoms with Crippen molar-refractivity contribution in [3.8, 4) is 11.1 Å². The average Bonchev–Trinajstić information content (AvgIpc) is 3.30. The number of thioether (sulfide) groups is 1. The van der Waals surface area contributed by atoms with Crippen molar-refractivity contribution in [1.29, 1.82) is 0 Å². The van der Waals surface area contributed by atoms with E-state index in [9.17, 15) is 9.59 Å². The van der Waals surface area contributed by atoms with Crippen LogP contribution < -0.4 is 5.32 Å². The number of ketones is 1. The third-order valence-electron chi connectivity index (χ3n) is 5.21. The van der Waals surface area contributed by atoms with Crippen molar-refractivity contribution in [3.63, 3.8) is 0 Å². The SMILES string of the molecule is O=C(C[C@@H]1S/C(=N\N=C2c3ccccc3-c3ccccc32)NC1=O)c1ccc(Cl)cc1. The van der Waals surface area contributed by atoms with Gasteiger partial charge < -0.3 is 5.32 Å². The van der Waals surface area contributed by atoms with E-state index in [-0.39, 0.29) is 18.1 Å². The predicted molar refractivity (Wildman–Crippen MR) is 125 cm³/mol. The molecule has 0 bridgehead atoms. The number of hydrogen-bond donors (Lipinski definition) is 1. The minimum atomic E-state index is -0.537. The smallest absolute Gasteiger partial charge is 0.240 e. The molecule has 0 spiro atoms. The molecule has 31 heavy (non-hydrogen) atoms. The Balaban J connectivity index is 1.37. The minimum Gasteiger partial charge on any atom is -0.303 e. The van der Waals surface area contributed by atoms with E-state index >= 15 is 0 Å². The Kier molecular flexibility index (Phi) is 5.18. The Morgan fingerprint density at radius 2 is 1.45 bits per heavy atom. The fourth-order valence-electron chi connectivity index (χ4n) is 3.71. The minimum absolute atomic E-state index is 0.0827. The van der Waals surface area contributed by atoms with Gasteiger partial charge >= 0.3 is 0 Å². The van der Waals surface area contributed by atoms with Crippen molar-refractivity contribution in [3.05, 3.63) is 94.5 Å². The third-order valence-corrected chi connectivity index (χ3v) is 6.53. The number of benzene rings is 3. The van der Waals surface area contributed by atoms with Crippen LogP contribution in [0.1, 0.15) is 27.9 Å². The molecule has 1 heterocycles. The van der Waals surface area contributed by atoms with Crippen LogP contribution in [-0.2, 0) is 4.79 Å². The van der Waals surface area contributed by atoms with Gasteiger partial charge in [0.05, 0.1) is 5.25 Å². The van der Waals surface area contributed by atoms with E-state index in [1.54, 1.807) is 24.3 Å². The number of fused-ring (bicyclic) bond motifs is 3. The molecule has 0 saturated carbocycles. The number of nitrogens with zero attached hydrogens (tertiary/aromatic N) is 2. The highest BCUT2D eigenvalue weighted by Gasteiger charge is 2.33. The number of nitrogens with one attached hydrogen (secondary N) is 1. The molecule has 0 unspecified atom stereocenters. The van der Waals surface area contributed by atoms with Crippen LogP contribution >= 0.6 is 23.4 Å². The van der Waals surface area contributed by atoms with Gasteiger partial charge in [-0.25, -0.2) is 0 Å². The summed E-state index contributed by atoms with van der Waals surface area (Å²) in [5.74, 6) is -0.353. The van der Waals surface area contributed by atoms with Crippen LogP contribution in [0.25, 0.3) is 11.1 Å². The molecule has 1 fully saturated rings. The lowest BCUT2D eigenvalue weighted by atomic mass is 10.1. The third kappa shape index (κ3) is 3.80. The van der Waals surface area contributed by atoms with Gasteiger partial charge in [-0.05, 0) is 35.4 Å². The van der Waals surface area contributed by atoms with Crippen molar-refractivity contribution in [2.45, 2.75) is 11.7 Å². The lowest BCUT2D eigenvalue weighted by Crippen LogP contribution is -2.26. The van der Waals surface area contributed by atoms with E-state index in [1.165, 1.54) is 11.8 Å². The standard InChI is InChI=1S/C24H16ClN3O2S/c25-15-11-9-14(10-12-15)20(29)13-21-23(30)26-24(31-21)28-27-22-18-7-3-1-5-16(18)17-6-2-4-8-19(17)22/h1-12,21H,13H2,(H,26,28,30)/t21-/m0/s1. The monoisotopic (exact) mass is 445 g/mol. The molecule has 5 nitrogen and oxygen atoms in total. The first kappa shape index (κ1) is 19.7. The van der Waals surface area contributed by atoms with Crippen LogP contribution in [0.3, 0.4) is 0 Å². The van der Waals surface area contributed by atoms with Crippen molar-refractivity contribution < 1.29 is 9.59 Å².